The topological polar surface area (TPSA) is 12.0 Å². The van der Waals surface area contributed by atoms with Crippen LogP contribution >= 0.6 is 0 Å². The Morgan fingerprint density at radius 2 is 2.00 bits per heavy atom. The fraction of sp³-hybridized carbons (Fsp3) is 0.667. The van der Waals surface area contributed by atoms with Gasteiger partial charge in [-0.3, -0.25) is 0 Å². The van der Waals surface area contributed by atoms with Gasteiger partial charge in [0.25, 0.3) is 0 Å². The lowest BCUT2D eigenvalue weighted by molar-refractivity contribution is 0.404. The highest BCUT2D eigenvalue weighted by molar-refractivity contribution is 5.19. The van der Waals surface area contributed by atoms with Gasteiger partial charge < -0.3 is 5.32 Å². The summed E-state index contributed by atoms with van der Waals surface area (Å²) in [5.41, 5.74) is 1.31. The van der Waals surface area contributed by atoms with Crippen molar-refractivity contribution in [1.82, 2.24) is 5.32 Å². The molecule has 0 aromatic carbocycles. The summed E-state index contributed by atoms with van der Waals surface area (Å²) < 4.78 is 0. The van der Waals surface area contributed by atoms with Crippen LogP contribution in [0.2, 0.25) is 0 Å². The molecule has 76 valence electrons. The number of rotatable bonds is 7. The monoisotopic (exact) mass is 181 g/mol. The molecule has 0 unspecified atom stereocenters. The van der Waals surface area contributed by atoms with Gasteiger partial charge in [0, 0.05) is 0 Å². The van der Waals surface area contributed by atoms with Crippen molar-refractivity contribution in [3.8, 4) is 0 Å². The molecule has 0 aliphatic carbocycles. The average molecular weight is 181 g/mol. The van der Waals surface area contributed by atoms with Crippen LogP contribution in [0.5, 0.6) is 0 Å². The normalized spacial score (nSPS) is 11.3. The molecule has 0 spiro atoms. The van der Waals surface area contributed by atoms with Crippen LogP contribution in [0.3, 0.4) is 0 Å². The SMILES string of the molecule is C=CC(=C)C(C)(C)CCNCCC. The van der Waals surface area contributed by atoms with E-state index in [0.29, 0.717) is 0 Å². The minimum atomic E-state index is 0.183. The van der Waals surface area contributed by atoms with Crippen molar-refractivity contribution in [3.05, 3.63) is 24.8 Å². The highest BCUT2D eigenvalue weighted by Gasteiger charge is 2.18. The predicted molar refractivity (Wildman–Crippen MR) is 60.9 cm³/mol. The molecule has 0 saturated carbocycles. The van der Waals surface area contributed by atoms with E-state index in [1.54, 1.807) is 0 Å². The fourth-order valence-corrected chi connectivity index (χ4v) is 1.14. The van der Waals surface area contributed by atoms with Crippen molar-refractivity contribution < 1.29 is 0 Å². The van der Waals surface area contributed by atoms with Crippen LogP contribution in [0.15, 0.2) is 24.8 Å². The van der Waals surface area contributed by atoms with Crippen molar-refractivity contribution in [1.29, 1.82) is 0 Å². The van der Waals surface area contributed by atoms with Crippen LogP contribution in [0.4, 0.5) is 0 Å². The van der Waals surface area contributed by atoms with Crippen LogP contribution in [-0.4, -0.2) is 13.1 Å². The third-order valence-corrected chi connectivity index (χ3v) is 2.47. The maximum Gasteiger partial charge on any atom is -0.00406 e. The molecule has 0 saturated heterocycles. The van der Waals surface area contributed by atoms with Crippen LogP contribution in [-0.2, 0) is 0 Å². The zero-order valence-electron chi connectivity index (χ0n) is 9.32. The number of nitrogens with one attached hydrogen (secondary N) is 1. The molecule has 0 fully saturated rings. The highest BCUT2D eigenvalue weighted by Crippen LogP contribution is 2.28. The van der Waals surface area contributed by atoms with Gasteiger partial charge in [-0.15, -0.1) is 0 Å². The molecule has 0 heterocycles. The number of hydrogen-bond donors (Lipinski definition) is 1. The molecule has 0 aromatic rings. The van der Waals surface area contributed by atoms with E-state index in [1.807, 2.05) is 6.08 Å². The lowest BCUT2D eigenvalue weighted by Gasteiger charge is -2.25. The summed E-state index contributed by atoms with van der Waals surface area (Å²) in [4.78, 5) is 0. The van der Waals surface area contributed by atoms with Crippen LogP contribution in [0, 0.1) is 5.41 Å². The number of hydrogen-bond acceptors (Lipinski definition) is 1. The van der Waals surface area contributed by atoms with Gasteiger partial charge in [0.1, 0.15) is 0 Å². The summed E-state index contributed by atoms with van der Waals surface area (Å²) in [5.74, 6) is 0. The summed E-state index contributed by atoms with van der Waals surface area (Å²) in [6, 6.07) is 0. The maximum absolute atomic E-state index is 4.00. The second-order valence-corrected chi connectivity index (χ2v) is 4.11. The minimum Gasteiger partial charge on any atom is -0.317 e. The molecule has 0 bridgehead atoms. The molecular weight excluding hydrogens is 158 g/mol. The second kappa shape index (κ2) is 5.98. The zero-order valence-corrected chi connectivity index (χ0v) is 9.32. The van der Waals surface area contributed by atoms with Crippen LogP contribution in [0.1, 0.15) is 33.6 Å². The molecule has 0 rings (SSSR count). The highest BCUT2D eigenvalue weighted by atomic mass is 14.8. The van der Waals surface area contributed by atoms with Crippen molar-refractivity contribution in [3.63, 3.8) is 0 Å². The first kappa shape index (κ1) is 12.4. The first-order valence-electron chi connectivity index (χ1n) is 5.07. The second-order valence-electron chi connectivity index (χ2n) is 4.11. The summed E-state index contributed by atoms with van der Waals surface area (Å²) in [6.07, 6.45) is 4.18. The number of allylic oxidation sites excluding steroid dienone is 2. The Morgan fingerprint density at radius 1 is 1.38 bits per heavy atom. The molecule has 0 radical (unpaired) electrons. The maximum atomic E-state index is 4.00. The van der Waals surface area contributed by atoms with Gasteiger partial charge in [-0.1, -0.05) is 45.6 Å². The van der Waals surface area contributed by atoms with Gasteiger partial charge in [0.2, 0.25) is 0 Å². The van der Waals surface area contributed by atoms with E-state index >= 15 is 0 Å². The summed E-state index contributed by atoms with van der Waals surface area (Å²) >= 11 is 0. The van der Waals surface area contributed by atoms with Crippen LogP contribution < -0.4 is 5.32 Å². The van der Waals surface area contributed by atoms with Gasteiger partial charge >= 0.3 is 0 Å². The van der Waals surface area contributed by atoms with Gasteiger partial charge in [-0.2, -0.15) is 0 Å². The Kier molecular flexibility index (Phi) is 5.72. The van der Waals surface area contributed by atoms with Crippen molar-refractivity contribution in [2.24, 2.45) is 5.41 Å². The first-order valence-corrected chi connectivity index (χ1v) is 5.07. The van der Waals surface area contributed by atoms with E-state index in [-0.39, 0.29) is 5.41 Å². The fourth-order valence-electron chi connectivity index (χ4n) is 1.14. The molecule has 0 aliphatic heterocycles. The van der Waals surface area contributed by atoms with E-state index in [2.05, 4.69) is 39.2 Å². The molecule has 13 heavy (non-hydrogen) atoms. The van der Waals surface area contributed by atoms with E-state index in [9.17, 15) is 0 Å². The molecule has 1 nitrogen and oxygen atoms in total. The van der Waals surface area contributed by atoms with Crippen LogP contribution in [0.25, 0.3) is 0 Å². The molecule has 1 N–H and O–H groups in total. The van der Waals surface area contributed by atoms with E-state index in [4.69, 9.17) is 0 Å². The molecular formula is C12H23N. The summed E-state index contributed by atoms with van der Waals surface area (Å²) in [6.45, 7) is 16.5. The van der Waals surface area contributed by atoms with E-state index in [1.165, 1.54) is 6.42 Å². The van der Waals surface area contributed by atoms with Gasteiger partial charge in [-0.05, 0) is 31.3 Å². The predicted octanol–water partition coefficient (Wildman–Crippen LogP) is 3.14. The third kappa shape index (κ3) is 4.89. The Morgan fingerprint density at radius 3 is 2.46 bits per heavy atom. The molecule has 0 aliphatic rings. The molecule has 0 atom stereocenters. The average Bonchev–Trinajstić information content (AvgIpc) is 2.11. The minimum absolute atomic E-state index is 0.183. The lowest BCUT2D eigenvalue weighted by Crippen LogP contribution is -2.23. The summed E-state index contributed by atoms with van der Waals surface area (Å²) in [5, 5.41) is 3.39. The van der Waals surface area contributed by atoms with E-state index in [0.717, 1.165) is 25.1 Å². The van der Waals surface area contributed by atoms with Crippen molar-refractivity contribution in [2.75, 3.05) is 13.1 Å². The zero-order chi connectivity index (χ0) is 10.3. The molecule has 0 aromatic heterocycles. The molecule has 0 amide bonds. The Bertz CT molecular complexity index is 168. The van der Waals surface area contributed by atoms with Gasteiger partial charge in [0.05, 0.1) is 0 Å². The van der Waals surface area contributed by atoms with Gasteiger partial charge in [-0.25, -0.2) is 0 Å². The van der Waals surface area contributed by atoms with E-state index < -0.39 is 0 Å². The Labute approximate surface area is 82.9 Å². The third-order valence-electron chi connectivity index (χ3n) is 2.47. The Hall–Kier alpha value is -0.560. The van der Waals surface area contributed by atoms with Crippen molar-refractivity contribution >= 4 is 0 Å². The largest absolute Gasteiger partial charge is 0.317 e. The molecule has 1 heteroatoms. The Balaban J connectivity index is 3.75. The van der Waals surface area contributed by atoms with Crippen molar-refractivity contribution in [2.45, 2.75) is 33.6 Å². The first-order chi connectivity index (χ1) is 6.04. The quantitative estimate of drug-likeness (QED) is 0.470. The van der Waals surface area contributed by atoms with Gasteiger partial charge in [0.15, 0.2) is 0 Å². The summed E-state index contributed by atoms with van der Waals surface area (Å²) in [7, 11) is 0. The smallest absolute Gasteiger partial charge is 0.00406 e. The standard InChI is InChI=1S/C12H23N/c1-6-9-13-10-8-12(4,5)11(3)7-2/h7,13H,2-3,6,8-10H2,1,4-5H3. The lowest BCUT2D eigenvalue weighted by atomic mass is 9.82.